The first-order valence-corrected chi connectivity index (χ1v) is 9.84. The fourth-order valence-corrected chi connectivity index (χ4v) is 2.05. The zero-order valence-electron chi connectivity index (χ0n) is 17.2. The van der Waals surface area contributed by atoms with Crippen LogP contribution in [-0.2, 0) is 28.5 Å². The quantitative estimate of drug-likeness (QED) is 0.321. The number of carbonyl (C=O) groups excluding carboxylic acids is 2. The fraction of sp³-hybridized carbons (Fsp3) is 0.895. The van der Waals surface area contributed by atoms with Crippen LogP contribution in [0.3, 0.4) is 0 Å². The highest BCUT2D eigenvalue weighted by molar-refractivity contribution is 5.75. The molecule has 0 spiro atoms. The van der Waals surface area contributed by atoms with Gasteiger partial charge in [0.25, 0.3) is 0 Å². The molecular weight excluding hydrogens is 352 g/mol. The number of hydrogen-bond donors (Lipinski definition) is 2. The van der Waals surface area contributed by atoms with E-state index in [4.69, 9.17) is 18.9 Å². The summed E-state index contributed by atoms with van der Waals surface area (Å²) in [4.78, 5) is 22.1. The highest BCUT2D eigenvalue weighted by Gasteiger charge is 2.03. The van der Waals surface area contributed by atoms with Crippen LogP contribution in [0.1, 0.15) is 40.0 Å². The Morgan fingerprint density at radius 1 is 0.704 bits per heavy atom. The molecule has 0 aliphatic carbocycles. The van der Waals surface area contributed by atoms with E-state index in [1.54, 1.807) is 0 Å². The zero-order chi connectivity index (χ0) is 20.2. The molecular formula is C19H38N2O6. The number of carbonyl (C=O) groups is 2. The monoisotopic (exact) mass is 390 g/mol. The van der Waals surface area contributed by atoms with Crippen molar-refractivity contribution in [3.63, 3.8) is 0 Å². The molecule has 0 fully saturated rings. The molecule has 0 atom stereocenters. The van der Waals surface area contributed by atoms with Crippen LogP contribution in [0.25, 0.3) is 0 Å². The number of amides is 2. The minimum Gasteiger partial charge on any atom is -0.379 e. The van der Waals surface area contributed by atoms with Crippen molar-refractivity contribution in [3.05, 3.63) is 0 Å². The Morgan fingerprint density at radius 2 is 1.11 bits per heavy atom. The average Bonchev–Trinajstić information content (AvgIpc) is 2.59. The van der Waals surface area contributed by atoms with Crippen molar-refractivity contribution in [1.29, 1.82) is 0 Å². The van der Waals surface area contributed by atoms with Crippen LogP contribution in [-0.4, -0.2) is 77.8 Å². The third-order valence-electron chi connectivity index (χ3n) is 3.34. The van der Waals surface area contributed by atoms with Crippen LogP contribution in [0.15, 0.2) is 0 Å². The summed E-state index contributed by atoms with van der Waals surface area (Å²) in [5, 5.41) is 5.59. The molecule has 0 aliphatic rings. The lowest BCUT2D eigenvalue weighted by molar-refractivity contribution is -0.122. The van der Waals surface area contributed by atoms with E-state index < -0.39 is 0 Å². The molecule has 0 rings (SSSR count). The van der Waals surface area contributed by atoms with Gasteiger partial charge in [-0.2, -0.15) is 0 Å². The van der Waals surface area contributed by atoms with Gasteiger partial charge in [-0.25, -0.2) is 0 Å². The molecule has 0 saturated carbocycles. The molecule has 0 saturated heterocycles. The number of rotatable bonds is 19. The van der Waals surface area contributed by atoms with Gasteiger partial charge in [-0.05, 0) is 18.8 Å². The predicted octanol–water partition coefficient (Wildman–Crippen LogP) is 1.13. The van der Waals surface area contributed by atoms with Crippen molar-refractivity contribution >= 4 is 11.8 Å². The van der Waals surface area contributed by atoms with Gasteiger partial charge >= 0.3 is 0 Å². The van der Waals surface area contributed by atoms with Crippen LogP contribution in [0.5, 0.6) is 0 Å². The van der Waals surface area contributed by atoms with Crippen molar-refractivity contribution in [1.82, 2.24) is 10.6 Å². The minimum absolute atomic E-state index is 0.0191. The van der Waals surface area contributed by atoms with Crippen molar-refractivity contribution in [3.8, 4) is 0 Å². The van der Waals surface area contributed by atoms with Crippen molar-refractivity contribution < 1.29 is 28.5 Å². The van der Waals surface area contributed by atoms with E-state index in [1.807, 2.05) is 13.8 Å². The summed E-state index contributed by atoms with van der Waals surface area (Å²) in [7, 11) is 0. The van der Waals surface area contributed by atoms with Crippen LogP contribution in [0.2, 0.25) is 0 Å². The van der Waals surface area contributed by atoms with Gasteiger partial charge < -0.3 is 29.6 Å². The molecule has 0 bridgehead atoms. The SMILES string of the molecule is CC(=O)NCCCOCCOCCOCCOCCCNC(=O)CC(C)C. The molecule has 160 valence electrons. The molecule has 0 unspecified atom stereocenters. The molecule has 2 amide bonds. The average molecular weight is 391 g/mol. The third-order valence-corrected chi connectivity index (χ3v) is 3.34. The molecule has 8 heteroatoms. The first-order valence-electron chi connectivity index (χ1n) is 9.84. The Kier molecular flexibility index (Phi) is 18.7. The van der Waals surface area contributed by atoms with Crippen LogP contribution in [0.4, 0.5) is 0 Å². The molecule has 2 N–H and O–H groups in total. The Morgan fingerprint density at radius 3 is 1.52 bits per heavy atom. The van der Waals surface area contributed by atoms with E-state index in [2.05, 4.69) is 10.6 Å². The lowest BCUT2D eigenvalue weighted by Crippen LogP contribution is -2.26. The van der Waals surface area contributed by atoms with Gasteiger partial charge in [-0.15, -0.1) is 0 Å². The molecule has 27 heavy (non-hydrogen) atoms. The minimum atomic E-state index is -0.0191. The highest BCUT2D eigenvalue weighted by atomic mass is 16.6. The summed E-state index contributed by atoms with van der Waals surface area (Å²) in [5.41, 5.74) is 0. The Hall–Kier alpha value is -1.22. The second-order valence-corrected chi connectivity index (χ2v) is 6.59. The summed E-state index contributed by atoms with van der Waals surface area (Å²) < 4.78 is 21.6. The van der Waals surface area contributed by atoms with Gasteiger partial charge in [0.05, 0.1) is 39.6 Å². The standard InChI is InChI=1S/C19H38N2O6/c1-17(2)16-19(23)21-7-5-9-25-11-13-27-15-14-26-12-10-24-8-4-6-20-18(3)22/h17H,4-16H2,1-3H3,(H,20,22)(H,21,23). The van der Waals surface area contributed by atoms with E-state index in [0.717, 1.165) is 12.8 Å². The Labute approximate surface area is 163 Å². The third kappa shape index (κ3) is 22.7. The summed E-state index contributed by atoms with van der Waals surface area (Å²) >= 11 is 0. The fourth-order valence-electron chi connectivity index (χ4n) is 2.05. The zero-order valence-corrected chi connectivity index (χ0v) is 17.2. The highest BCUT2D eigenvalue weighted by Crippen LogP contribution is 1.97. The summed E-state index contributed by atoms with van der Waals surface area (Å²) in [6, 6.07) is 0. The molecule has 0 aliphatic heterocycles. The molecule has 0 aromatic heterocycles. The molecule has 0 heterocycles. The van der Waals surface area contributed by atoms with Gasteiger partial charge in [0.2, 0.25) is 11.8 Å². The normalized spacial score (nSPS) is 11.0. The first-order chi connectivity index (χ1) is 13.0. The predicted molar refractivity (Wildman–Crippen MR) is 104 cm³/mol. The van der Waals surface area contributed by atoms with E-state index in [9.17, 15) is 9.59 Å². The Balaban J connectivity index is 3.09. The van der Waals surface area contributed by atoms with E-state index in [0.29, 0.717) is 78.3 Å². The van der Waals surface area contributed by atoms with E-state index in [1.165, 1.54) is 6.92 Å². The number of hydrogen-bond acceptors (Lipinski definition) is 6. The summed E-state index contributed by atoms with van der Waals surface area (Å²) in [5.74, 6) is 0.467. The smallest absolute Gasteiger partial charge is 0.220 e. The van der Waals surface area contributed by atoms with Crippen LogP contribution in [0, 0.1) is 5.92 Å². The van der Waals surface area contributed by atoms with E-state index >= 15 is 0 Å². The van der Waals surface area contributed by atoms with Crippen molar-refractivity contribution in [2.24, 2.45) is 5.92 Å². The molecule has 0 radical (unpaired) electrons. The maximum absolute atomic E-state index is 11.4. The summed E-state index contributed by atoms with van der Waals surface area (Å²) in [6.45, 7) is 11.3. The second kappa shape index (κ2) is 19.5. The lowest BCUT2D eigenvalue weighted by Gasteiger charge is -2.08. The molecule has 8 nitrogen and oxygen atoms in total. The van der Waals surface area contributed by atoms with Crippen LogP contribution < -0.4 is 10.6 Å². The van der Waals surface area contributed by atoms with E-state index in [-0.39, 0.29) is 11.8 Å². The van der Waals surface area contributed by atoms with Gasteiger partial charge in [0.1, 0.15) is 0 Å². The van der Waals surface area contributed by atoms with Crippen molar-refractivity contribution in [2.45, 2.75) is 40.0 Å². The van der Waals surface area contributed by atoms with Gasteiger partial charge in [0, 0.05) is 39.6 Å². The Bertz CT molecular complexity index is 366. The van der Waals surface area contributed by atoms with Gasteiger partial charge in [0.15, 0.2) is 0 Å². The van der Waals surface area contributed by atoms with Crippen molar-refractivity contribution in [2.75, 3.05) is 65.9 Å². The van der Waals surface area contributed by atoms with Gasteiger partial charge in [-0.3, -0.25) is 9.59 Å². The van der Waals surface area contributed by atoms with Crippen LogP contribution >= 0.6 is 0 Å². The molecule has 0 aromatic rings. The molecule has 0 aromatic carbocycles. The van der Waals surface area contributed by atoms with Gasteiger partial charge in [-0.1, -0.05) is 13.8 Å². The topological polar surface area (TPSA) is 95.1 Å². The number of nitrogens with one attached hydrogen (secondary N) is 2. The summed E-state index contributed by atoms with van der Waals surface area (Å²) in [6.07, 6.45) is 2.17. The number of ether oxygens (including phenoxy) is 4. The lowest BCUT2D eigenvalue weighted by atomic mass is 10.1. The largest absolute Gasteiger partial charge is 0.379 e. The maximum atomic E-state index is 11.4. The maximum Gasteiger partial charge on any atom is 0.220 e. The first kappa shape index (κ1) is 25.8. The second-order valence-electron chi connectivity index (χ2n) is 6.59.